The second-order valence-corrected chi connectivity index (χ2v) is 21.7. The summed E-state index contributed by atoms with van der Waals surface area (Å²) in [4.78, 5) is 38.2. The maximum absolute atomic E-state index is 12.9. The number of ether oxygens (including phenoxy) is 3. The van der Waals surface area contributed by atoms with E-state index in [-0.39, 0.29) is 31.1 Å². The predicted molar refractivity (Wildman–Crippen MR) is 330 cm³/mol. The van der Waals surface area contributed by atoms with E-state index in [1.54, 1.807) is 0 Å². The molecule has 0 aromatic heterocycles. The van der Waals surface area contributed by atoms with Crippen molar-refractivity contribution in [2.24, 2.45) is 0 Å². The van der Waals surface area contributed by atoms with Crippen LogP contribution in [-0.4, -0.2) is 37.2 Å². The third-order valence-corrected chi connectivity index (χ3v) is 14.2. The fraction of sp³-hybridized carbons (Fsp3) is 0.757. The van der Waals surface area contributed by atoms with Crippen molar-refractivity contribution in [3.05, 3.63) is 85.1 Å². The summed E-state index contributed by atoms with van der Waals surface area (Å²) < 4.78 is 16.9. The van der Waals surface area contributed by atoms with Gasteiger partial charge in [-0.2, -0.15) is 0 Å². The summed E-state index contributed by atoms with van der Waals surface area (Å²) in [5, 5.41) is 0. The van der Waals surface area contributed by atoms with Gasteiger partial charge < -0.3 is 14.2 Å². The number of rotatable bonds is 59. The fourth-order valence-corrected chi connectivity index (χ4v) is 9.31. The topological polar surface area (TPSA) is 78.9 Å². The van der Waals surface area contributed by atoms with Gasteiger partial charge in [-0.3, -0.25) is 14.4 Å². The van der Waals surface area contributed by atoms with E-state index in [4.69, 9.17) is 14.2 Å². The summed E-state index contributed by atoms with van der Waals surface area (Å²) >= 11 is 0. The Labute approximate surface area is 471 Å². The van der Waals surface area contributed by atoms with Gasteiger partial charge in [-0.1, -0.05) is 311 Å². The van der Waals surface area contributed by atoms with Crippen LogP contribution in [0.25, 0.3) is 0 Å². The third-order valence-electron chi connectivity index (χ3n) is 14.2. The molecule has 0 fully saturated rings. The van der Waals surface area contributed by atoms with Gasteiger partial charge in [-0.05, 0) is 77.0 Å². The molecule has 0 aliphatic rings. The second kappa shape index (κ2) is 64.1. The highest BCUT2D eigenvalue weighted by Crippen LogP contribution is 2.17. The highest BCUT2D eigenvalue weighted by Gasteiger charge is 2.19. The van der Waals surface area contributed by atoms with Crippen LogP contribution >= 0.6 is 0 Å². The van der Waals surface area contributed by atoms with E-state index in [1.807, 2.05) is 0 Å². The van der Waals surface area contributed by atoms with Crippen LogP contribution in [0, 0.1) is 0 Å². The van der Waals surface area contributed by atoms with Crippen LogP contribution < -0.4 is 0 Å². The minimum atomic E-state index is -0.788. The SMILES string of the molecule is CC/C=C\C/C=C\C/C=C\C/C=C\C/C=C\C/C=C\C/C=C\CCCCCC(=O)OCC(COC(=O)CCCCCCCCCCC)OC(=O)CCCCCCCCCCCCCCCCCCCCCCCCCC. The van der Waals surface area contributed by atoms with E-state index >= 15 is 0 Å². The van der Waals surface area contributed by atoms with Gasteiger partial charge in [0.2, 0.25) is 0 Å². The smallest absolute Gasteiger partial charge is 0.306 e. The van der Waals surface area contributed by atoms with Crippen LogP contribution in [0.5, 0.6) is 0 Å². The first-order chi connectivity index (χ1) is 37.5. The lowest BCUT2D eigenvalue weighted by Crippen LogP contribution is -2.30. The highest BCUT2D eigenvalue weighted by atomic mass is 16.6. The molecule has 0 saturated carbocycles. The lowest BCUT2D eigenvalue weighted by molar-refractivity contribution is -0.167. The maximum Gasteiger partial charge on any atom is 0.306 e. The third kappa shape index (κ3) is 61.4. The zero-order valence-corrected chi connectivity index (χ0v) is 50.3. The molecule has 0 spiro atoms. The van der Waals surface area contributed by atoms with E-state index in [0.29, 0.717) is 19.3 Å². The molecule has 6 heteroatoms. The summed E-state index contributed by atoms with van der Waals surface area (Å²) in [5.41, 5.74) is 0. The van der Waals surface area contributed by atoms with Crippen LogP contribution in [0.3, 0.4) is 0 Å². The first kappa shape index (κ1) is 72.6. The molecule has 0 aliphatic heterocycles. The Bertz CT molecular complexity index is 1450. The van der Waals surface area contributed by atoms with Gasteiger partial charge in [0.05, 0.1) is 0 Å². The Kier molecular flexibility index (Phi) is 61.2. The van der Waals surface area contributed by atoms with Crippen molar-refractivity contribution in [2.75, 3.05) is 13.2 Å². The molecule has 1 atom stereocenters. The van der Waals surface area contributed by atoms with Crippen molar-refractivity contribution < 1.29 is 28.6 Å². The summed E-state index contributed by atoms with van der Waals surface area (Å²) in [7, 11) is 0. The normalized spacial score (nSPS) is 12.6. The minimum absolute atomic E-state index is 0.0837. The number of unbranched alkanes of at least 4 members (excludes halogenated alkanes) is 34. The van der Waals surface area contributed by atoms with E-state index in [9.17, 15) is 14.4 Å². The van der Waals surface area contributed by atoms with E-state index in [1.165, 1.54) is 173 Å². The molecule has 0 saturated heterocycles. The van der Waals surface area contributed by atoms with Gasteiger partial charge in [0, 0.05) is 19.3 Å². The number of carbonyl (C=O) groups is 3. The van der Waals surface area contributed by atoms with Crippen LogP contribution in [0.4, 0.5) is 0 Å². The lowest BCUT2D eigenvalue weighted by Gasteiger charge is -2.18. The Hall–Kier alpha value is -3.41. The van der Waals surface area contributed by atoms with Gasteiger partial charge >= 0.3 is 17.9 Å². The van der Waals surface area contributed by atoms with Crippen molar-refractivity contribution >= 4 is 17.9 Å². The number of hydrogen-bond acceptors (Lipinski definition) is 6. The molecule has 1 unspecified atom stereocenters. The molecule has 0 aromatic rings. The molecular formula is C70H122O6. The Morgan fingerprint density at radius 1 is 0.276 bits per heavy atom. The van der Waals surface area contributed by atoms with Crippen LogP contribution in [-0.2, 0) is 28.6 Å². The Morgan fingerprint density at radius 3 is 0.803 bits per heavy atom. The molecule has 0 aliphatic carbocycles. The molecule has 0 heterocycles. The molecule has 0 rings (SSSR count). The van der Waals surface area contributed by atoms with Crippen molar-refractivity contribution in [1.29, 1.82) is 0 Å². The molecule has 0 aromatic carbocycles. The van der Waals surface area contributed by atoms with Gasteiger partial charge in [0.25, 0.3) is 0 Å². The van der Waals surface area contributed by atoms with Crippen LogP contribution in [0.15, 0.2) is 85.1 Å². The molecule has 438 valence electrons. The maximum atomic E-state index is 12.9. The van der Waals surface area contributed by atoms with Gasteiger partial charge in [-0.15, -0.1) is 0 Å². The van der Waals surface area contributed by atoms with E-state index in [0.717, 1.165) is 109 Å². The van der Waals surface area contributed by atoms with E-state index in [2.05, 4.69) is 106 Å². The van der Waals surface area contributed by atoms with Gasteiger partial charge in [-0.25, -0.2) is 0 Å². The summed E-state index contributed by atoms with van der Waals surface area (Å²) in [6, 6.07) is 0. The largest absolute Gasteiger partial charge is 0.462 e. The lowest BCUT2D eigenvalue weighted by atomic mass is 10.0. The summed E-state index contributed by atoms with van der Waals surface area (Å²) in [6.07, 6.45) is 84.7. The monoisotopic (exact) mass is 1060 g/mol. The Balaban J connectivity index is 4.26. The summed E-state index contributed by atoms with van der Waals surface area (Å²) in [5.74, 6) is -0.907. The molecule has 76 heavy (non-hydrogen) atoms. The first-order valence-electron chi connectivity index (χ1n) is 32.6. The molecule has 0 N–H and O–H groups in total. The van der Waals surface area contributed by atoms with Crippen molar-refractivity contribution in [2.45, 2.75) is 329 Å². The second-order valence-electron chi connectivity index (χ2n) is 21.7. The number of carbonyl (C=O) groups excluding carboxylic acids is 3. The molecule has 0 radical (unpaired) electrons. The predicted octanol–water partition coefficient (Wildman–Crippen LogP) is 22.3. The average molecular weight is 1060 g/mol. The fourth-order valence-electron chi connectivity index (χ4n) is 9.31. The Morgan fingerprint density at radius 2 is 0.513 bits per heavy atom. The molecular weight excluding hydrogens is 937 g/mol. The highest BCUT2D eigenvalue weighted by molar-refractivity contribution is 5.71. The van der Waals surface area contributed by atoms with Gasteiger partial charge in [0.1, 0.15) is 13.2 Å². The molecule has 0 amide bonds. The number of allylic oxidation sites excluding steroid dienone is 14. The average Bonchev–Trinajstić information content (AvgIpc) is 3.42. The van der Waals surface area contributed by atoms with Crippen LogP contribution in [0.2, 0.25) is 0 Å². The quantitative estimate of drug-likeness (QED) is 0.0261. The van der Waals surface area contributed by atoms with Gasteiger partial charge in [0.15, 0.2) is 6.10 Å². The first-order valence-corrected chi connectivity index (χ1v) is 32.6. The van der Waals surface area contributed by atoms with Crippen molar-refractivity contribution in [1.82, 2.24) is 0 Å². The van der Waals surface area contributed by atoms with Crippen molar-refractivity contribution in [3.63, 3.8) is 0 Å². The number of hydrogen-bond donors (Lipinski definition) is 0. The van der Waals surface area contributed by atoms with Crippen LogP contribution in [0.1, 0.15) is 323 Å². The van der Waals surface area contributed by atoms with E-state index < -0.39 is 6.10 Å². The zero-order valence-electron chi connectivity index (χ0n) is 50.3. The summed E-state index contributed by atoms with van der Waals surface area (Å²) in [6.45, 7) is 6.52. The molecule has 0 bridgehead atoms. The van der Waals surface area contributed by atoms with Crippen molar-refractivity contribution in [3.8, 4) is 0 Å². The number of esters is 3. The molecule has 6 nitrogen and oxygen atoms in total. The standard InChI is InChI=1S/C70H122O6/c1-4-7-10-13-16-19-21-23-25-27-29-31-33-35-37-38-40-42-44-46-48-51-54-57-60-63-69(72)75-66-67(65-74-68(71)62-59-56-53-50-18-15-12-9-6-3)76-70(73)64-61-58-55-52-49-47-45-43-41-39-36-34-32-30-28-26-24-22-20-17-14-11-8-5-2/h7,10,16,19,23,25,29,31,35,37,40,42,46,48,67H,4-6,8-9,11-15,17-18,20-22,24,26-28,30,32-34,36,38-39,41,43-45,47,49-66H2,1-3H3/b10-7-,19-16-,25-23-,31-29-,37-35-,42-40-,48-46-. The minimum Gasteiger partial charge on any atom is -0.462 e. The zero-order chi connectivity index (χ0) is 55.0.